The number of hydrogen-bond acceptors (Lipinski definition) is 2. The quantitative estimate of drug-likeness (QED) is 0.867. The number of carbonyl (C=O) groups excluding carboxylic acids is 2. The van der Waals surface area contributed by atoms with E-state index in [2.05, 4.69) is 5.32 Å². The first-order chi connectivity index (χ1) is 12.4. The van der Waals surface area contributed by atoms with Gasteiger partial charge in [0.25, 0.3) is 5.91 Å². The predicted octanol–water partition coefficient (Wildman–Crippen LogP) is 4.45. The molecule has 2 aromatic carbocycles. The van der Waals surface area contributed by atoms with Crippen LogP contribution in [0.5, 0.6) is 0 Å². The van der Waals surface area contributed by atoms with Crippen molar-refractivity contribution in [2.45, 2.75) is 26.7 Å². The van der Waals surface area contributed by atoms with E-state index in [4.69, 9.17) is 11.6 Å². The summed E-state index contributed by atoms with van der Waals surface area (Å²) in [6.45, 7) is 5.08. The molecule has 26 heavy (non-hydrogen) atoms. The van der Waals surface area contributed by atoms with Crippen LogP contribution in [-0.4, -0.2) is 29.8 Å². The van der Waals surface area contributed by atoms with Crippen molar-refractivity contribution in [3.8, 4) is 0 Å². The largest absolute Gasteiger partial charge is 0.338 e. The third-order valence-corrected chi connectivity index (χ3v) is 5.04. The topological polar surface area (TPSA) is 49.4 Å². The van der Waals surface area contributed by atoms with Crippen LogP contribution in [0.25, 0.3) is 0 Å². The van der Waals surface area contributed by atoms with Crippen molar-refractivity contribution in [3.05, 3.63) is 64.2 Å². The second kappa shape index (κ2) is 7.92. The van der Waals surface area contributed by atoms with Crippen LogP contribution < -0.4 is 5.32 Å². The van der Waals surface area contributed by atoms with Gasteiger partial charge in [0.15, 0.2) is 0 Å². The summed E-state index contributed by atoms with van der Waals surface area (Å²) in [5, 5.41) is 3.57. The molecule has 0 saturated carbocycles. The van der Waals surface area contributed by atoms with Crippen molar-refractivity contribution in [1.29, 1.82) is 0 Å². The SMILES string of the molecule is Cc1ccc(C)c(NC(=O)[C@@H]2CCCN(C(=O)c3cccc(Cl)c3)C2)c1. The molecule has 1 saturated heterocycles. The Bertz CT molecular complexity index is 835. The third kappa shape index (κ3) is 4.25. The number of piperidine rings is 1. The van der Waals surface area contributed by atoms with Crippen molar-refractivity contribution in [2.75, 3.05) is 18.4 Å². The Morgan fingerprint density at radius 2 is 1.96 bits per heavy atom. The molecule has 0 bridgehead atoms. The van der Waals surface area contributed by atoms with Gasteiger partial charge < -0.3 is 10.2 Å². The van der Waals surface area contributed by atoms with Gasteiger partial charge >= 0.3 is 0 Å². The number of likely N-dealkylation sites (tertiary alicyclic amines) is 1. The number of carbonyl (C=O) groups is 2. The highest BCUT2D eigenvalue weighted by Crippen LogP contribution is 2.23. The molecular formula is C21H23ClN2O2. The maximum atomic E-state index is 12.7. The van der Waals surface area contributed by atoms with Crippen molar-refractivity contribution >= 4 is 29.1 Å². The molecule has 5 heteroatoms. The summed E-state index contributed by atoms with van der Waals surface area (Å²) in [5.41, 5.74) is 3.54. The van der Waals surface area contributed by atoms with E-state index in [9.17, 15) is 9.59 Å². The van der Waals surface area contributed by atoms with Crippen LogP contribution in [0.4, 0.5) is 5.69 Å². The van der Waals surface area contributed by atoms with Gasteiger partial charge in [0.2, 0.25) is 5.91 Å². The molecule has 0 radical (unpaired) electrons. The summed E-state index contributed by atoms with van der Waals surface area (Å²) in [6.07, 6.45) is 1.60. The number of halogens is 1. The number of rotatable bonds is 3. The summed E-state index contributed by atoms with van der Waals surface area (Å²) in [7, 11) is 0. The molecule has 1 heterocycles. The van der Waals surface area contributed by atoms with E-state index in [1.165, 1.54) is 0 Å². The predicted molar refractivity (Wildman–Crippen MR) is 105 cm³/mol. The number of benzene rings is 2. The molecule has 2 amide bonds. The van der Waals surface area contributed by atoms with E-state index in [1.807, 2.05) is 32.0 Å². The minimum absolute atomic E-state index is 0.0257. The van der Waals surface area contributed by atoms with Crippen LogP contribution in [0, 0.1) is 19.8 Å². The molecular weight excluding hydrogens is 348 g/mol. The first-order valence-electron chi connectivity index (χ1n) is 8.87. The van der Waals surface area contributed by atoms with E-state index in [0.717, 1.165) is 29.7 Å². The molecule has 136 valence electrons. The van der Waals surface area contributed by atoms with Crippen molar-refractivity contribution in [3.63, 3.8) is 0 Å². The summed E-state index contributed by atoms with van der Waals surface area (Å²) in [5.74, 6) is -0.300. The molecule has 0 aliphatic carbocycles. The van der Waals surface area contributed by atoms with E-state index in [-0.39, 0.29) is 17.7 Å². The first-order valence-corrected chi connectivity index (χ1v) is 9.25. The smallest absolute Gasteiger partial charge is 0.253 e. The lowest BCUT2D eigenvalue weighted by Crippen LogP contribution is -2.43. The molecule has 1 aliphatic heterocycles. The summed E-state index contributed by atoms with van der Waals surface area (Å²) >= 11 is 5.99. The highest BCUT2D eigenvalue weighted by atomic mass is 35.5. The van der Waals surface area contributed by atoms with Gasteiger partial charge in [0.05, 0.1) is 5.92 Å². The lowest BCUT2D eigenvalue weighted by atomic mass is 9.96. The van der Waals surface area contributed by atoms with E-state index in [0.29, 0.717) is 23.7 Å². The fourth-order valence-corrected chi connectivity index (χ4v) is 3.48. The number of nitrogens with zero attached hydrogens (tertiary/aromatic N) is 1. The van der Waals surface area contributed by atoms with Crippen LogP contribution in [-0.2, 0) is 4.79 Å². The molecule has 1 aliphatic rings. The average molecular weight is 371 g/mol. The van der Waals surface area contributed by atoms with E-state index >= 15 is 0 Å². The highest BCUT2D eigenvalue weighted by molar-refractivity contribution is 6.30. The van der Waals surface area contributed by atoms with Gasteiger partial charge in [0, 0.05) is 29.4 Å². The summed E-state index contributed by atoms with van der Waals surface area (Å²) in [6, 6.07) is 12.9. The zero-order valence-corrected chi connectivity index (χ0v) is 15.8. The maximum Gasteiger partial charge on any atom is 0.253 e. The van der Waals surface area contributed by atoms with Crippen molar-refractivity contribution in [2.24, 2.45) is 5.92 Å². The van der Waals surface area contributed by atoms with Crippen LogP contribution in [0.15, 0.2) is 42.5 Å². The zero-order valence-electron chi connectivity index (χ0n) is 15.1. The second-order valence-corrected chi connectivity index (χ2v) is 7.34. The standard InChI is InChI=1S/C21H23ClN2O2/c1-14-8-9-15(2)19(11-14)23-20(25)17-6-4-10-24(13-17)21(26)16-5-3-7-18(22)12-16/h3,5,7-9,11-12,17H,4,6,10,13H2,1-2H3,(H,23,25)/t17-/m1/s1. The van der Waals surface area contributed by atoms with Gasteiger partial charge in [-0.25, -0.2) is 0 Å². The molecule has 4 nitrogen and oxygen atoms in total. The van der Waals surface area contributed by atoms with Gasteiger partial charge in [-0.15, -0.1) is 0 Å². The number of hydrogen-bond donors (Lipinski definition) is 1. The average Bonchev–Trinajstić information content (AvgIpc) is 2.64. The Kier molecular flexibility index (Phi) is 5.62. The van der Waals surface area contributed by atoms with E-state index in [1.54, 1.807) is 29.2 Å². The minimum atomic E-state index is -0.202. The molecule has 0 aromatic heterocycles. The van der Waals surface area contributed by atoms with E-state index < -0.39 is 0 Å². The second-order valence-electron chi connectivity index (χ2n) is 6.91. The molecule has 2 aromatic rings. The lowest BCUT2D eigenvalue weighted by molar-refractivity contribution is -0.121. The zero-order chi connectivity index (χ0) is 18.7. The lowest BCUT2D eigenvalue weighted by Gasteiger charge is -2.32. The van der Waals surface area contributed by atoms with Crippen LogP contribution >= 0.6 is 11.6 Å². The normalized spacial score (nSPS) is 17.0. The Hall–Kier alpha value is -2.33. The van der Waals surface area contributed by atoms with Crippen LogP contribution in [0.3, 0.4) is 0 Å². The van der Waals surface area contributed by atoms with Gasteiger partial charge in [-0.2, -0.15) is 0 Å². The number of anilines is 1. The summed E-state index contributed by atoms with van der Waals surface area (Å²) in [4.78, 5) is 27.2. The molecule has 0 spiro atoms. The van der Waals surface area contributed by atoms with Crippen LogP contribution in [0.2, 0.25) is 5.02 Å². The van der Waals surface area contributed by atoms with Gasteiger partial charge in [-0.3, -0.25) is 9.59 Å². The van der Waals surface area contributed by atoms with Crippen LogP contribution in [0.1, 0.15) is 34.3 Å². The van der Waals surface area contributed by atoms with Crippen molar-refractivity contribution < 1.29 is 9.59 Å². The highest BCUT2D eigenvalue weighted by Gasteiger charge is 2.29. The molecule has 1 atom stereocenters. The Morgan fingerprint density at radius 3 is 2.73 bits per heavy atom. The van der Waals surface area contributed by atoms with Gasteiger partial charge in [-0.1, -0.05) is 29.8 Å². The van der Waals surface area contributed by atoms with Gasteiger partial charge in [-0.05, 0) is 62.1 Å². The molecule has 0 unspecified atom stereocenters. The molecule has 1 fully saturated rings. The summed E-state index contributed by atoms with van der Waals surface area (Å²) < 4.78 is 0. The van der Waals surface area contributed by atoms with Gasteiger partial charge in [0.1, 0.15) is 0 Å². The third-order valence-electron chi connectivity index (χ3n) is 4.80. The fraction of sp³-hybridized carbons (Fsp3) is 0.333. The molecule has 1 N–H and O–H groups in total. The Labute approximate surface area is 159 Å². The Morgan fingerprint density at radius 1 is 1.15 bits per heavy atom. The fourth-order valence-electron chi connectivity index (χ4n) is 3.29. The number of nitrogens with one attached hydrogen (secondary N) is 1. The number of aryl methyl sites for hydroxylation is 2. The van der Waals surface area contributed by atoms with Crippen molar-refractivity contribution in [1.82, 2.24) is 4.90 Å². The number of amides is 2. The minimum Gasteiger partial charge on any atom is -0.338 e. The monoisotopic (exact) mass is 370 g/mol. The Balaban J connectivity index is 1.68. The maximum absolute atomic E-state index is 12.7. The first kappa shape index (κ1) is 18.5. The molecule has 3 rings (SSSR count).